The Bertz CT molecular complexity index is 732. The molecule has 0 bridgehead atoms. The summed E-state index contributed by atoms with van der Waals surface area (Å²) in [6.07, 6.45) is 9.64. The zero-order chi connectivity index (χ0) is 21.7. The van der Waals surface area contributed by atoms with Gasteiger partial charge in [-0.05, 0) is 62.3 Å². The lowest BCUT2D eigenvalue weighted by molar-refractivity contribution is -0.139. The average molecular weight is 414 g/mol. The molecule has 2 aliphatic rings. The molecule has 2 amide bonds. The summed E-state index contributed by atoms with van der Waals surface area (Å²) in [5, 5.41) is 3.08. The molecule has 2 aliphatic carbocycles. The van der Waals surface area contributed by atoms with Gasteiger partial charge in [-0.3, -0.25) is 9.59 Å². The quantitative estimate of drug-likeness (QED) is 0.605. The van der Waals surface area contributed by atoms with Crippen molar-refractivity contribution in [3.63, 3.8) is 0 Å². The van der Waals surface area contributed by atoms with Crippen molar-refractivity contribution in [3.8, 4) is 0 Å². The first kappa shape index (κ1) is 22.6. The van der Waals surface area contributed by atoms with Crippen LogP contribution in [0.5, 0.6) is 0 Å². The van der Waals surface area contributed by atoms with E-state index in [-0.39, 0.29) is 17.7 Å². The lowest BCUT2D eigenvalue weighted by Gasteiger charge is -2.37. The molecule has 2 saturated carbocycles. The monoisotopic (exact) mass is 413 g/mol. The molecule has 0 spiro atoms. The fourth-order valence-electron chi connectivity index (χ4n) is 4.65. The third-order valence-corrected chi connectivity index (χ3v) is 6.75. The summed E-state index contributed by atoms with van der Waals surface area (Å²) in [5.41, 5.74) is 3.06. The van der Waals surface area contributed by atoms with E-state index in [1.54, 1.807) is 0 Å². The highest BCUT2D eigenvalue weighted by atomic mass is 16.2. The molecule has 3 rings (SSSR count). The van der Waals surface area contributed by atoms with Crippen molar-refractivity contribution in [2.75, 3.05) is 24.3 Å². The van der Waals surface area contributed by atoms with Gasteiger partial charge in [-0.1, -0.05) is 33.1 Å². The van der Waals surface area contributed by atoms with Crippen LogP contribution in [0.2, 0.25) is 0 Å². The van der Waals surface area contributed by atoms with E-state index in [0.717, 1.165) is 55.5 Å². The van der Waals surface area contributed by atoms with Crippen LogP contribution in [0, 0.1) is 11.8 Å². The minimum atomic E-state index is 0.0903. The first-order valence-electron chi connectivity index (χ1n) is 11.9. The summed E-state index contributed by atoms with van der Waals surface area (Å²) >= 11 is 0. The molecule has 1 aromatic rings. The van der Waals surface area contributed by atoms with Gasteiger partial charge < -0.3 is 15.1 Å². The Balaban J connectivity index is 1.88. The van der Waals surface area contributed by atoms with Gasteiger partial charge >= 0.3 is 0 Å². The van der Waals surface area contributed by atoms with Crippen LogP contribution in [0.1, 0.15) is 77.2 Å². The Morgan fingerprint density at radius 2 is 1.70 bits per heavy atom. The molecule has 5 nitrogen and oxygen atoms in total. The molecule has 0 saturated heterocycles. The van der Waals surface area contributed by atoms with E-state index in [9.17, 15) is 9.59 Å². The topological polar surface area (TPSA) is 52.7 Å². The number of hydrogen-bond acceptors (Lipinski definition) is 3. The Kier molecular flexibility index (Phi) is 7.79. The van der Waals surface area contributed by atoms with Gasteiger partial charge in [0.25, 0.3) is 0 Å². The second-order valence-corrected chi connectivity index (χ2v) is 9.27. The largest absolute Gasteiger partial charge is 0.377 e. The van der Waals surface area contributed by atoms with Gasteiger partial charge in [0.15, 0.2) is 0 Å². The van der Waals surface area contributed by atoms with Crippen LogP contribution < -0.4 is 10.2 Å². The second-order valence-electron chi connectivity index (χ2n) is 9.27. The van der Waals surface area contributed by atoms with Crippen LogP contribution in [0.15, 0.2) is 18.2 Å². The normalized spacial score (nSPS) is 17.1. The minimum Gasteiger partial charge on any atom is -0.377 e. The maximum atomic E-state index is 13.5. The van der Waals surface area contributed by atoms with Gasteiger partial charge in [0.05, 0.1) is 0 Å². The Hall–Kier alpha value is -2.04. The van der Waals surface area contributed by atoms with Crippen molar-refractivity contribution < 1.29 is 9.59 Å². The number of nitrogens with one attached hydrogen (secondary N) is 1. The van der Waals surface area contributed by atoms with Crippen LogP contribution in [-0.2, 0) is 16.1 Å². The Morgan fingerprint density at radius 1 is 1.03 bits per heavy atom. The van der Waals surface area contributed by atoms with Gasteiger partial charge in [-0.25, -0.2) is 0 Å². The summed E-state index contributed by atoms with van der Waals surface area (Å²) in [4.78, 5) is 30.0. The highest BCUT2D eigenvalue weighted by molar-refractivity contribution is 5.94. The van der Waals surface area contributed by atoms with Crippen molar-refractivity contribution >= 4 is 23.2 Å². The molecule has 5 heteroatoms. The molecule has 0 atom stereocenters. The first-order chi connectivity index (χ1) is 14.4. The molecule has 0 unspecified atom stereocenters. The second kappa shape index (κ2) is 10.3. The number of rotatable bonds is 9. The third kappa shape index (κ3) is 5.55. The number of carbonyl (C=O) groups is 2. The van der Waals surface area contributed by atoms with Gasteiger partial charge in [-0.2, -0.15) is 0 Å². The number of carbonyl (C=O) groups excluding carboxylic acids is 2. The van der Waals surface area contributed by atoms with Gasteiger partial charge in [-0.15, -0.1) is 0 Å². The zero-order valence-corrected chi connectivity index (χ0v) is 19.2. The van der Waals surface area contributed by atoms with E-state index in [0.29, 0.717) is 18.5 Å². The Morgan fingerprint density at radius 3 is 2.27 bits per heavy atom. The van der Waals surface area contributed by atoms with Crippen molar-refractivity contribution in [1.29, 1.82) is 0 Å². The van der Waals surface area contributed by atoms with Crippen molar-refractivity contribution in [2.24, 2.45) is 11.8 Å². The number of amides is 2. The smallest absolute Gasteiger partial charge is 0.227 e. The summed E-state index contributed by atoms with van der Waals surface area (Å²) in [5.74, 6) is 0.685. The maximum absolute atomic E-state index is 13.5. The van der Waals surface area contributed by atoms with Crippen molar-refractivity contribution in [2.45, 2.75) is 84.2 Å². The van der Waals surface area contributed by atoms with Crippen LogP contribution in [0.4, 0.5) is 11.4 Å². The zero-order valence-electron chi connectivity index (χ0n) is 19.2. The van der Waals surface area contributed by atoms with Crippen LogP contribution in [-0.4, -0.2) is 36.9 Å². The number of anilines is 2. The van der Waals surface area contributed by atoms with E-state index in [4.69, 9.17) is 0 Å². The van der Waals surface area contributed by atoms with E-state index in [2.05, 4.69) is 41.1 Å². The first-order valence-corrected chi connectivity index (χ1v) is 11.9. The molecule has 1 aromatic carbocycles. The standard InChI is InChI=1S/C25H39N3O2/c1-5-18(6-2)25(30)28(22-10-8-7-9-11-22)17-20-16-21(14-15-23(20)27(3)4)26-24(29)19-12-13-19/h14-16,18-19,22H,5-13,17H2,1-4H3,(H,26,29). The molecule has 0 aliphatic heterocycles. The highest BCUT2D eigenvalue weighted by Gasteiger charge is 2.31. The molecule has 0 heterocycles. The third-order valence-electron chi connectivity index (χ3n) is 6.75. The molecular weight excluding hydrogens is 374 g/mol. The average Bonchev–Trinajstić information content (AvgIpc) is 3.59. The SMILES string of the molecule is CCC(CC)C(=O)N(Cc1cc(NC(=O)C2CC2)ccc1N(C)C)C1CCCCC1. The molecule has 0 aromatic heterocycles. The van der Waals surface area contributed by atoms with Gasteiger partial charge in [0.2, 0.25) is 11.8 Å². The summed E-state index contributed by atoms with van der Waals surface area (Å²) in [6.45, 7) is 4.84. The number of benzene rings is 1. The Labute approximate surface area is 182 Å². The van der Waals surface area contributed by atoms with Crippen LogP contribution >= 0.6 is 0 Å². The lowest BCUT2D eigenvalue weighted by atomic mass is 9.91. The van der Waals surface area contributed by atoms with E-state index < -0.39 is 0 Å². The van der Waals surface area contributed by atoms with Crippen LogP contribution in [0.3, 0.4) is 0 Å². The molecule has 1 N–H and O–H groups in total. The van der Waals surface area contributed by atoms with E-state index in [1.807, 2.05) is 20.2 Å². The summed E-state index contributed by atoms with van der Waals surface area (Å²) < 4.78 is 0. The van der Waals surface area contributed by atoms with Gasteiger partial charge in [0, 0.05) is 49.9 Å². The van der Waals surface area contributed by atoms with Crippen LogP contribution in [0.25, 0.3) is 0 Å². The highest BCUT2D eigenvalue weighted by Crippen LogP contribution is 2.33. The summed E-state index contributed by atoms with van der Waals surface area (Å²) in [6, 6.07) is 6.45. The van der Waals surface area contributed by atoms with E-state index in [1.165, 1.54) is 19.3 Å². The van der Waals surface area contributed by atoms with E-state index >= 15 is 0 Å². The predicted molar refractivity (Wildman–Crippen MR) is 124 cm³/mol. The van der Waals surface area contributed by atoms with Gasteiger partial charge in [0.1, 0.15) is 0 Å². The molecule has 166 valence electrons. The molecule has 30 heavy (non-hydrogen) atoms. The lowest BCUT2D eigenvalue weighted by Crippen LogP contribution is -2.44. The minimum absolute atomic E-state index is 0.0903. The van der Waals surface area contributed by atoms with Crippen molar-refractivity contribution in [3.05, 3.63) is 23.8 Å². The maximum Gasteiger partial charge on any atom is 0.227 e. The number of hydrogen-bond donors (Lipinski definition) is 1. The molecule has 2 fully saturated rings. The predicted octanol–water partition coefficient (Wildman–Crippen LogP) is 5.20. The fourth-order valence-corrected chi connectivity index (χ4v) is 4.65. The fraction of sp³-hybridized carbons (Fsp3) is 0.680. The number of nitrogens with zero attached hydrogens (tertiary/aromatic N) is 2. The molecular formula is C25H39N3O2. The van der Waals surface area contributed by atoms with Crippen molar-refractivity contribution in [1.82, 2.24) is 4.90 Å². The molecule has 0 radical (unpaired) electrons. The summed E-state index contributed by atoms with van der Waals surface area (Å²) in [7, 11) is 4.07.